The summed E-state index contributed by atoms with van der Waals surface area (Å²) in [7, 11) is 0. The van der Waals surface area contributed by atoms with Gasteiger partial charge in [-0.05, 0) is 62.2 Å². The second-order valence-electron chi connectivity index (χ2n) is 5.70. The summed E-state index contributed by atoms with van der Waals surface area (Å²) in [5.41, 5.74) is 1.06. The number of hydrogen-bond donors (Lipinski definition) is 1. The first-order valence-corrected chi connectivity index (χ1v) is 9.74. The number of carbonyl (C=O) groups excluding carboxylic acids is 1. The van der Waals surface area contributed by atoms with E-state index in [1.165, 1.54) is 0 Å². The van der Waals surface area contributed by atoms with Crippen LogP contribution in [0.1, 0.15) is 38.8 Å². The van der Waals surface area contributed by atoms with E-state index in [0.29, 0.717) is 11.6 Å². The summed E-state index contributed by atoms with van der Waals surface area (Å²) >= 11 is 7.48. The van der Waals surface area contributed by atoms with Crippen molar-refractivity contribution < 1.29 is 9.53 Å². The van der Waals surface area contributed by atoms with Crippen LogP contribution in [-0.4, -0.2) is 17.8 Å². The number of hydrogen-bond acceptors (Lipinski definition) is 3. The Labute approximate surface area is 159 Å². The van der Waals surface area contributed by atoms with Crippen molar-refractivity contribution in [2.45, 2.75) is 43.4 Å². The maximum absolute atomic E-state index is 12.6. The van der Waals surface area contributed by atoms with Crippen LogP contribution in [0.2, 0.25) is 5.02 Å². The van der Waals surface area contributed by atoms with Crippen molar-refractivity contribution >= 4 is 29.3 Å². The van der Waals surface area contributed by atoms with Crippen LogP contribution in [0, 0.1) is 0 Å². The van der Waals surface area contributed by atoms with E-state index in [1.54, 1.807) is 11.8 Å². The van der Waals surface area contributed by atoms with Crippen molar-refractivity contribution in [3.8, 4) is 5.75 Å². The molecule has 134 valence electrons. The third-order valence-electron chi connectivity index (χ3n) is 3.81. The van der Waals surface area contributed by atoms with Crippen molar-refractivity contribution in [1.29, 1.82) is 0 Å². The fourth-order valence-electron chi connectivity index (χ4n) is 2.41. The van der Waals surface area contributed by atoms with Crippen LogP contribution in [0.3, 0.4) is 0 Å². The van der Waals surface area contributed by atoms with E-state index in [4.69, 9.17) is 16.3 Å². The lowest BCUT2D eigenvalue weighted by Crippen LogP contribution is -2.34. The molecule has 0 fully saturated rings. The van der Waals surface area contributed by atoms with Gasteiger partial charge in [0.25, 0.3) is 0 Å². The molecule has 0 bridgehead atoms. The normalized spacial score (nSPS) is 13.1. The minimum atomic E-state index is -0.133. The molecule has 0 spiro atoms. The molecule has 2 aromatic rings. The van der Waals surface area contributed by atoms with Gasteiger partial charge in [0.1, 0.15) is 5.75 Å². The van der Waals surface area contributed by atoms with Crippen LogP contribution < -0.4 is 10.1 Å². The molecule has 1 amide bonds. The third-order valence-corrected chi connectivity index (χ3v) is 5.43. The van der Waals surface area contributed by atoms with Crippen LogP contribution >= 0.6 is 23.4 Å². The number of benzene rings is 2. The number of thioether (sulfide) groups is 1. The molecule has 0 aromatic heterocycles. The molecule has 0 heterocycles. The van der Waals surface area contributed by atoms with Gasteiger partial charge in [0.2, 0.25) is 5.91 Å². The van der Waals surface area contributed by atoms with E-state index in [1.807, 2.05) is 69.3 Å². The smallest absolute Gasteiger partial charge is 0.233 e. The lowest BCUT2D eigenvalue weighted by atomic mass is 10.1. The number of ether oxygens (including phenoxy) is 1. The Morgan fingerprint density at radius 2 is 1.76 bits per heavy atom. The number of carbonyl (C=O) groups is 1. The molecule has 3 nitrogen and oxygen atoms in total. The minimum Gasteiger partial charge on any atom is -0.494 e. The molecule has 1 N–H and O–H groups in total. The second kappa shape index (κ2) is 9.73. The van der Waals surface area contributed by atoms with Gasteiger partial charge >= 0.3 is 0 Å². The molecule has 0 unspecified atom stereocenters. The van der Waals surface area contributed by atoms with Gasteiger partial charge in [0.15, 0.2) is 0 Å². The number of halogens is 1. The summed E-state index contributed by atoms with van der Waals surface area (Å²) in [4.78, 5) is 13.7. The molecule has 25 heavy (non-hydrogen) atoms. The maximum atomic E-state index is 12.6. The van der Waals surface area contributed by atoms with Crippen LogP contribution in [0.5, 0.6) is 5.75 Å². The summed E-state index contributed by atoms with van der Waals surface area (Å²) in [6, 6.07) is 15.4. The zero-order chi connectivity index (χ0) is 18.2. The van der Waals surface area contributed by atoms with Gasteiger partial charge in [-0.1, -0.05) is 30.7 Å². The van der Waals surface area contributed by atoms with Crippen molar-refractivity contribution in [1.82, 2.24) is 5.32 Å². The molecule has 0 aliphatic heterocycles. The SMILES string of the molecule is CCOc1ccc([C@H](C)NC(=O)[C@@H](CC)Sc2ccc(Cl)cc2)cc1. The highest BCUT2D eigenvalue weighted by Crippen LogP contribution is 2.27. The molecule has 0 saturated carbocycles. The van der Waals surface area contributed by atoms with Crippen molar-refractivity contribution in [3.63, 3.8) is 0 Å². The average Bonchev–Trinajstić information content (AvgIpc) is 2.62. The predicted molar refractivity (Wildman–Crippen MR) is 106 cm³/mol. The van der Waals surface area contributed by atoms with E-state index in [2.05, 4.69) is 5.32 Å². The molecule has 2 rings (SSSR count). The minimum absolute atomic E-state index is 0.0452. The van der Waals surface area contributed by atoms with Crippen molar-refractivity contribution in [2.75, 3.05) is 6.61 Å². The molecule has 5 heteroatoms. The Bertz CT molecular complexity index is 673. The summed E-state index contributed by atoms with van der Waals surface area (Å²) in [5, 5.41) is 3.67. The van der Waals surface area contributed by atoms with Crippen molar-refractivity contribution in [3.05, 3.63) is 59.1 Å². The van der Waals surface area contributed by atoms with Crippen LogP contribution in [0.15, 0.2) is 53.4 Å². The van der Waals surface area contributed by atoms with Gasteiger partial charge in [0, 0.05) is 9.92 Å². The molecule has 0 radical (unpaired) electrons. The highest BCUT2D eigenvalue weighted by Gasteiger charge is 2.20. The monoisotopic (exact) mass is 377 g/mol. The molecular weight excluding hydrogens is 354 g/mol. The average molecular weight is 378 g/mol. The molecular formula is C20H24ClNO2S. The molecule has 0 aliphatic carbocycles. The molecule has 2 aromatic carbocycles. The Balaban J connectivity index is 1.96. The van der Waals surface area contributed by atoms with Gasteiger partial charge in [0.05, 0.1) is 17.9 Å². The predicted octanol–water partition coefficient (Wildman–Crippen LogP) is 5.49. The topological polar surface area (TPSA) is 38.3 Å². The summed E-state index contributed by atoms with van der Waals surface area (Å²) in [6.07, 6.45) is 0.759. The van der Waals surface area contributed by atoms with Crippen LogP contribution in [-0.2, 0) is 4.79 Å². The van der Waals surface area contributed by atoms with Crippen molar-refractivity contribution in [2.24, 2.45) is 0 Å². The molecule has 2 atom stereocenters. The van der Waals surface area contributed by atoms with E-state index < -0.39 is 0 Å². The van der Waals surface area contributed by atoms with E-state index >= 15 is 0 Å². The zero-order valence-electron chi connectivity index (χ0n) is 14.8. The first kappa shape index (κ1) is 19.7. The summed E-state index contributed by atoms with van der Waals surface area (Å²) in [5.74, 6) is 0.887. The number of amides is 1. The lowest BCUT2D eigenvalue weighted by molar-refractivity contribution is -0.121. The fraction of sp³-hybridized carbons (Fsp3) is 0.350. The highest BCUT2D eigenvalue weighted by molar-refractivity contribution is 8.00. The van der Waals surface area contributed by atoms with E-state index in [-0.39, 0.29) is 17.2 Å². The van der Waals surface area contributed by atoms with Gasteiger partial charge in [-0.2, -0.15) is 0 Å². The molecule has 0 saturated heterocycles. The fourth-order valence-corrected chi connectivity index (χ4v) is 3.50. The van der Waals surface area contributed by atoms with E-state index in [0.717, 1.165) is 22.6 Å². The third kappa shape index (κ3) is 5.98. The number of nitrogens with one attached hydrogen (secondary N) is 1. The van der Waals surface area contributed by atoms with Crippen LogP contribution in [0.4, 0.5) is 0 Å². The Kier molecular flexibility index (Phi) is 7.66. The Hall–Kier alpha value is -1.65. The van der Waals surface area contributed by atoms with Crippen LogP contribution in [0.25, 0.3) is 0 Å². The summed E-state index contributed by atoms with van der Waals surface area (Å²) in [6.45, 7) is 6.62. The molecule has 0 aliphatic rings. The van der Waals surface area contributed by atoms with E-state index in [9.17, 15) is 4.79 Å². The Morgan fingerprint density at radius 3 is 2.32 bits per heavy atom. The largest absolute Gasteiger partial charge is 0.494 e. The maximum Gasteiger partial charge on any atom is 0.233 e. The van der Waals surface area contributed by atoms with Gasteiger partial charge < -0.3 is 10.1 Å². The quantitative estimate of drug-likeness (QED) is 0.618. The second-order valence-corrected chi connectivity index (χ2v) is 7.41. The Morgan fingerprint density at radius 1 is 1.12 bits per heavy atom. The first-order valence-electron chi connectivity index (χ1n) is 8.48. The lowest BCUT2D eigenvalue weighted by Gasteiger charge is -2.19. The zero-order valence-corrected chi connectivity index (χ0v) is 16.4. The summed E-state index contributed by atoms with van der Waals surface area (Å²) < 4.78 is 5.45. The standard InChI is InChI=1S/C20H24ClNO2S/c1-4-19(25-18-12-8-16(21)9-13-18)20(23)22-14(3)15-6-10-17(11-7-15)24-5-2/h6-14,19H,4-5H2,1-3H3,(H,22,23)/t14-,19+/m0/s1. The number of rotatable bonds is 8. The van der Waals surface area contributed by atoms with Gasteiger partial charge in [-0.3, -0.25) is 4.79 Å². The van der Waals surface area contributed by atoms with Gasteiger partial charge in [-0.25, -0.2) is 0 Å². The highest BCUT2D eigenvalue weighted by atomic mass is 35.5. The van der Waals surface area contributed by atoms with Gasteiger partial charge in [-0.15, -0.1) is 11.8 Å². The first-order chi connectivity index (χ1) is 12.0.